The van der Waals surface area contributed by atoms with E-state index in [1.807, 2.05) is 36.0 Å². The van der Waals surface area contributed by atoms with Crippen LogP contribution in [0.25, 0.3) is 0 Å². The van der Waals surface area contributed by atoms with Gasteiger partial charge in [-0.3, -0.25) is 9.69 Å². The van der Waals surface area contributed by atoms with Crippen LogP contribution in [0.1, 0.15) is 41.5 Å². The van der Waals surface area contributed by atoms with Gasteiger partial charge in [0.25, 0.3) is 15.9 Å². The molecule has 0 radical (unpaired) electrons. The van der Waals surface area contributed by atoms with Crippen molar-refractivity contribution >= 4 is 44.8 Å². The number of fused-ring (bicyclic) bond motifs is 1. The van der Waals surface area contributed by atoms with Gasteiger partial charge in [0, 0.05) is 24.2 Å². The number of sulfonamides is 1. The summed E-state index contributed by atoms with van der Waals surface area (Å²) in [7, 11) is 2.43. The molecule has 0 aliphatic carbocycles. The van der Waals surface area contributed by atoms with E-state index in [4.69, 9.17) is 37.1 Å². The third kappa shape index (κ3) is 5.07. The topological polar surface area (TPSA) is 105 Å². The molecular formula is C32H32Cl2N4O6S. The molecule has 0 bridgehead atoms. The van der Waals surface area contributed by atoms with Gasteiger partial charge in [-0.2, -0.15) is 0 Å². The molecule has 2 atom stereocenters. The van der Waals surface area contributed by atoms with Crippen molar-refractivity contribution < 1.29 is 27.1 Å². The Balaban J connectivity index is 1.69. The van der Waals surface area contributed by atoms with Gasteiger partial charge in [-0.1, -0.05) is 29.3 Å². The minimum Gasteiger partial charge on any atom is -0.497 e. The summed E-state index contributed by atoms with van der Waals surface area (Å²) in [4.78, 5) is 23.7. The third-order valence-corrected chi connectivity index (χ3v) is 10.7. The molecule has 0 spiro atoms. The Morgan fingerprint density at radius 3 is 2.40 bits per heavy atom. The van der Waals surface area contributed by atoms with Gasteiger partial charge in [0.05, 0.1) is 47.1 Å². The zero-order valence-electron chi connectivity index (χ0n) is 25.2. The summed E-state index contributed by atoms with van der Waals surface area (Å²) in [6.07, 6.45) is 4.36. The van der Waals surface area contributed by atoms with Crippen LogP contribution in [-0.2, 0) is 26.9 Å². The normalized spacial score (nSPS) is 20.2. The average molecular weight is 672 g/mol. The predicted molar refractivity (Wildman–Crippen MR) is 170 cm³/mol. The number of rotatable bonds is 9. The van der Waals surface area contributed by atoms with Crippen molar-refractivity contribution in [3.8, 4) is 11.5 Å². The fraction of sp³-hybridized carbons (Fsp3) is 0.312. The van der Waals surface area contributed by atoms with Crippen LogP contribution in [0.2, 0.25) is 10.0 Å². The Labute approximate surface area is 272 Å². The molecule has 10 nitrogen and oxygen atoms in total. The summed E-state index contributed by atoms with van der Waals surface area (Å²) in [6.45, 7) is 0.989. The lowest BCUT2D eigenvalue weighted by molar-refractivity contribution is -0.127. The average Bonchev–Trinajstić information content (AvgIpc) is 3.76. The van der Waals surface area contributed by atoms with Crippen LogP contribution in [0.4, 0.5) is 5.69 Å². The van der Waals surface area contributed by atoms with E-state index in [1.165, 1.54) is 50.8 Å². The van der Waals surface area contributed by atoms with E-state index in [0.29, 0.717) is 54.4 Å². The molecule has 4 aromatic rings. The van der Waals surface area contributed by atoms with E-state index in [-0.39, 0.29) is 20.6 Å². The lowest BCUT2D eigenvalue weighted by atomic mass is 9.80. The molecule has 0 N–H and O–H groups in total. The summed E-state index contributed by atoms with van der Waals surface area (Å²) in [5.41, 5.74) is 0.112. The predicted octanol–water partition coefficient (Wildman–Crippen LogP) is 5.88. The summed E-state index contributed by atoms with van der Waals surface area (Å²) >= 11 is 13.2. The van der Waals surface area contributed by atoms with Gasteiger partial charge in [-0.15, -0.1) is 0 Å². The van der Waals surface area contributed by atoms with Gasteiger partial charge in [0.1, 0.15) is 17.8 Å². The first kappa shape index (κ1) is 31.4. The first-order valence-corrected chi connectivity index (χ1v) is 16.4. The number of carbonyl (C=O) groups is 1. The van der Waals surface area contributed by atoms with Crippen molar-refractivity contribution in [1.29, 1.82) is 0 Å². The van der Waals surface area contributed by atoms with Crippen molar-refractivity contribution in [3.63, 3.8) is 0 Å². The number of hydrogen-bond acceptors (Lipinski definition) is 9. The Morgan fingerprint density at radius 2 is 1.76 bits per heavy atom. The monoisotopic (exact) mass is 670 g/mol. The van der Waals surface area contributed by atoms with Crippen molar-refractivity contribution in [2.75, 3.05) is 39.2 Å². The number of nitrogens with zero attached hydrogens (tertiary/aromatic N) is 4. The Morgan fingerprint density at radius 1 is 1.02 bits per heavy atom. The van der Waals surface area contributed by atoms with Crippen LogP contribution in [0.5, 0.6) is 11.5 Å². The minimum absolute atomic E-state index is 0.0940. The SMILES string of the molecule is COc1ccc(S(=O)(=O)N2C(=O)C(c3cc(CN(C)C)ccc3OC)(N3CCCC3c3ncco3)c3cc(Cl)c(Cl)cc32)cc1. The molecule has 1 amide bonds. The number of anilines is 1. The van der Waals surface area contributed by atoms with E-state index in [0.717, 1.165) is 9.87 Å². The molecule has 1 fully saturated rings. The minimum atomic E-state index is -4.47. The number of oxazole rings is 1. The quantitative estimate of drug-likeness (QED) is 0.216. The number of amides is 1. The molecule has 2 aliphatic heterocycles. The standard InChI is InChI=1S/C32H32Cl2N4O6S/c1-36(2)19-20-7-12-29(43-4)24(16-20)32(37-14-5-6-27(37)30-35-13-15-44-30)23-17-25(33)26(34)18-28(23)38(31(32)39)45(40,41)22-10-8-21(42-3)9-11-22/h7-13,15-18,27H,5-6,14,19H2,1-4H3. The maximum Gasteiger partial charge on any atom is 0.271 e. The maximum absolute atomic E-state index is 15.4. The lowest BCUT2D eigenvalue weighted by Crippen LogP contribution is -2.54. The first-order valence-electron chi connectivity index (χ1n) is 14.3. The van der Waals surface area contributed by atoms with Gasteiger partial charge in [-0.25, -0.2) is 17.7 Å². The van der Waals surface area contributed by atoms with Crippen LogP contribution in [0.15, 0.2) is 76.4 Å². The second-order valence-electron chi connectivity index (χ2n) is 11.2. The van der Waals surface area contributed by atoms with Crippen LogP contribution < -0.4 is 13.8 Å². The zero-order valence-corrected chi connectivity index (χ0v) is 27.5. The second-order valence-corrected chi connectivity index (χ2v) is 13.8. The van der Waals surface area contributed by atoms with Crippen LogP contribution in [0.3, 0.4) is 0 Å². The van der Waals surface area contributed by atoms with Gasteiger partial charge < -0.3 is 18.8 Å². The molecule has 6 rings (SSSR count). The smallest absolute Gasteiger partial charge is 0.271 e. The van der Waals surface area contributed by atoms with E-state index in [1.54, 1.807) is 18.3 Å². The number of aromatic nitrogens is 1. The summed E-state index contributed by atoms with van der Waals surface area (Å²) < 4.78 is 46.8. The molecule has 45 heavy (non-hydrogen) atoms. The van der Waals surface area contributed by atoms with E-state index >= 15 is 4.79 Å². The van der Waals surface area contributed by atoms with Crippen LogP contribution >= 0.6 is 23.2 Å². The molecule has 1 saturated heterocycles. The number of carbonyl (C=O) groups excluding carboxylic acids is 1. The summed E-state index contributed by atoms with van der Waals surface area (Å²) in [5.74, 6) is 0.579. The highest BCUT2D eigenvalue weighted by Crippen LogP contribution is 2.57. The maximum atomic E-state index is 15.4. The largest absolute Gasteiger partial charge is 0.497 e. The highest BCUT2D eigenvalue weighted by atomic mass is 35.5. The van der Waals surface area contributed by atoms with Crippen molar-refractivity contribution in [1.82, 2.24) is 14.8 Å². The summed E-state index contributed by atoms with van der Waals surface area (Å²) in [5, 5.41) is 0.277. The number of likely N-dealkylation sites (tertiary alicyclic amines) is 1. The highest BCUT2D eigenvalue weighted by molar-refractivity contribution is 7.93. The number of halogens is 2. The fourth-order valence-corrected chi connectivity index (χ4v) is 8.25. The number of hydrogen-bond donors (Lipinski definition) is 0. The molecule has 13 heteroatoms. The van der Waals surface area contributed by atoms with E-state index in [9.17, 15) is 8.42 Å². The molecule has 2 aliphatic rings. The molecule has 3 aromatic carbocycles. The Bertz CT molecular complexity index is 1850. The van der Waals surface area contributed by atoms with Gasteiger partial charge in [0.15, 0.2) is 5.54 Å². The highest BCUT2D eigenvalue weighted by Gasteiger charge is 2.63. The van der Waals surface area contributed by atoms with Crippen molar-refractivity contribution in [2.24, 2.45) is 0 Å². The zero-order chi connectivity index (χ0) is 32.1. The fourth-order valence-electron chi connectivity index (χ4n) is 6.48. The third-order valence-electron chi connectivity index (χ3n) is 8.31. The first-order chi connectivity index (χ1) is 21.5. The Kier molecular flexibility index (Phi) is 8.34. The summed E-state index contributed by atoms with van der Waals surface area (Å²) in [6, 6.07) is 14.1. The second kappa shape index (κ2) is 12.0. The molecule has 3 heterocycles. The molecule has 1 aromatic heterocycles. The molecule has 0 saturated carbocycles. The number of ether oxygens (including phenoxy) is 2. The molecular weight excluding hydrogens is 639 g/mol. The Hall–Kier alpha value is -3.61. The lowest BCUT2D eigenvalue weighted by Gasteiger charge is -2.41. The van der Waals surface area contributed by atoms with Crippen molar-refractivity contribution in [2.45, 2.75) is 35.9 Å². The molecule has 236 valence electrons. The van der Waals surface area contributed by atoms with Crippen LogP contribution in [0, 0.1) is 0 Å². The van der Waals surface area contributed by atoms with Crippen LogP contribution in [-0.4, -0.2) is 64.0 Å². The van der Waals surface area contributed by atoms with Gasteiger partial charge >= 0.3 is 0 Å². The molecule has 2 unspecified atom stereocenters. The number of benzene rings is 3. The van der Waals surface area contributed by atoms with E-state index < -0.39 is 27.5 Å². The number of methoxy groups -OCH3 is 2. The van der Waals surface area contributed by atoms with Gasteiger partial charge in [-0.05, 0) is 81.0 Å². The van der Waals surface area contributed by atoms with Gasteiger partial charge in [0.2, 0.25) is 5.89 Å². The van der Waals surface area contributed by atoms with E-state index in [2.05, 4.69) is 4.98 Å². The van der Waals surface area contributed by atoms with Crippen molar-refractivity contribution in [3.05, 3.63) is 99.7 Å².